The van der Waals surface area contributed by atoms with Crippen molar-refractivity contribution in [1.82, 2.24) is 4.90 Å². The Balaban J connectivity index is 2.27. The van der Waals surface area contributed by atoms with Gasteiger partial charge in [0.05, 0.1) is 24.7 Å². The molecule has 2 rings (SSSR count). The molecular formula is C16H20ClNO5. The number of carbonyl (C=O) groups excluding carboxylic acids is 1. The maximum absolute atomic E-state index is 12.6. The fourth-order valence-corrected chi connectivity index (χ4v) is 3.03. The van der Waals surface area contributed by atoms with Gasteiger partial charge in [-0.1, -0.05) is 18.5 Å². The van der Waals surface area contributed by atoms with Gasteiger partial charge >= 0.3 is 5.97 Å². The van der Waals surface area contributed by atoms with E-state index in [-0.39, 0.29) is 23.4 Å². The Morgan fingerprint density at radius 2 is 2.09 bits per heavy atom. The van der Waals surface area contributed by atoms with Gasteiger partial charge in [0, 0.05) is 18.7 Å². The van der Waals surface area contributed by atoms with Crippen molar-refractivity contribution in [2.45, 2.75) is 13.8 Å². The molecule has 23 heavy (non-hydrogen) atoms. The number of likely N-dealkylation sites (tertiary alicyclic amines) is 1. The molecule has 0 saturated carbocycles. The highest BCUT2D eigenvalue weighted by atomic mass is 35.5. The van der Waals surface area contributed by atoms with Crippen molar-refractivity contribution < 1.29 is 24.2 Å². The SMILES string of the molecule is CCOc1c(Cl)cc(C(=O)N2C[C@@H](C)[C@H](C(=O)O)C2)cc1OC. The van der Waals surface area contributed by atoms with Crippen molar-refractivity contribution in [2.75, 3.05) is 26.8 Å². The maximum Gasteiger partial charge on any atom is 0.308 e. The summed E-state index contributed by atoms with van der Waals surface area (Å²) in [5.74, 6) is -0.995. The zero-order valence-corrected chi connectivity index (χ0v) is 14.1. The summed E-state index contributed by atoms with van der Waals surface area (Å²) in [6.07, 6.45) is 0. The summed E-state index contributed by atoms with van der Waals surface area (Å²) >= 11 is 6.18. The third-order valence-electron chi connectivity index (χ3n) is 3.98. The molecule has 1 heterocycles. The summed E-state index contributed by atoms with van der Waals surface area (Å²) in [4.78, 5) is 25.4. The van der Waals surface area contributed by atoms with Gasteiger partial charge in [0.15, 0.2) is 11.5 Å². The number of amides is 1. The first kappa shape index (κ1) is 17.4. The number of halogens is 1. The second-order valence-corrected chi connectivity index (χ2v) is 5.96. The van der Waals surface area contributed by atoms with E-state index in [0.29, 0.717) is 30.2 Å². The van der Waals surface area contributed by atoms with E-state index >= 15 is 0 Å². The van der Waals surface area contributed by atoms with E-state index in [0.717, 1.165) is 0 Å². The second kappa shape index (κ2) is 7.08. The van der Waals surface area contributed by atoms with E-state index in [9.17, 15) is 14.7 Å². The van der Waals surface area contributed by atoms with Crippen molar-refractivity contribution in [3.05, 3.63) is 22.7 Å². The van der Waals surface area contributed by atoms with Gasteiger partial charge in [0.1, 0.15) is 0 Å². The topological polar surface area (TPSA) is 76.1 Å². The van der Waals surface area contributed by atoms with Gasteiger partial charge in [0.2, 0.25) is 0 Å². The van der Waals surface area contributed by atoms with Crippen LogP contribution in [0.2, 0.25) is 5.02 Å². The molecule has 6 nitrogen and oxygen atoms in total. The minimum atomic E-state index is -0.880. The molecule has 0 aromatic heterocycles. The molecular weight excluding hydrogens is 322 g/mol. The first-order valence-electron chi connectivity index (χ1n) is 7.41. The molecule has 126 valence electrons. The van der Waals surface area contributed by atoms with E-state index in [1.807, 2.05) is 13.8 Å². The van der Waals surface area contributed by atoms with Gasteiger partial charge in [-0.2, -0.15) is 0 Å². The molecule has 1 aliphatic rings. The van der Waals surface area contributed by atoms with Gasteiger partial charge in [-0.15, -0.1) is 0 Å². The highest BCUT2D eigenvalue weighted by molar-refractivity contribution is 6.32. The summed E-state index contributed by atoms with van der Waals surface area (Å²) in [5.41, 5.74) is 0.355. The van der Waals surface area contributed by atoms with E-state index in [4.69, 9.17) is 21.1 Å². The quantitative estimate of drug-likeness (QED) is 0.890. The molecule has 0 spiro atoms. The van der Waals surface area contributed by atoms with Crippen LogP contribution in [0.4, 0.5) is 0 Å². The number of hydrogen-bond donors (Lipinski definition) is 1. The number of hydrogen-bond acceptors (Lipinski definition) is 4. The van der Waals surface area contributed by atoms with Gasteiger partial charge in [-0.25, -0.2) is 0 Å². The molecule has 0 bridgehead atoms. The van der Waals surface area contributed by atoms with Crippen LogP contribution < -0.4 is 9.47 Å². The molecule has 0 radical (unpaired) electrons. The Hall–Kier alpha value is -1.95. The zero-order chi connectivity index (χ0) is 17.1. The summed E-state index contributed by atoms with van der Waals surface area (Å²) in [5, 5.41) is 9.47. The number of rotatable bonds is 5. The summed E-state index contributed by atoms with van der Waals surface area (Å²) in [7, 11) is 1.47. The molecule has 1 saturated heterocycles. The van der Waals surface area contributed by atoms with Crippen molar-refractivity contribution in [2.24, 2.45) is 11.8 Å². The molecule has 1 aromatic carbocycles. The van der Waals surface area contributed by atoms with Gasteiger partial charge < -0.3 is 19.5 Å². The van der Waals surface area contributed by atoms with Crippen LogP contribution in [0.5, 0.6) is 11.5 Å². The standard InChI is InChI=1S/C16H20ClNO5/c1-4-23-14-12(17)5-10(6-13(14)22-3)15(19)18-7-9(2)11(8-18)16(20)21/h5-6,9,11H,4,7-8H2,1-3H3,(H,20,21)/t9-,11-/m1/s1. The molecule has 1 amide bonds. The van der Waals surface area contributed by atoms with Crippen LogP contribution in [-0.4, -0.2) is 48.7 Å². The fourth-order valence-electron chi connectivity index (χ4n) is 2.76. The molecule has 0 unspecified atom stereocenters. The van der Waals surface area contributed by atoms with Crippen LogP contribution in [0, 0.1) is 11.8 Å². The number of benzene rings is 1. The Morgan fingerprint density at radius 1 is 1.39 bits per heavy atom. The first-order chi connectivity index (χ1) is 10.9. The first-order valence-corrected chi connectivity index (χ1v) is 7.79. The zero-order valence-electron chi connectivity index (χ0n) is 13.3. The fraction of sp³-hybridized carbons (Fsp3) is 0.500. The summed E-state index contributed by atoms with van der Waals surface area (Å²) in [6, 6.07) is 3.09. The number of carboxylic acid groups (broad SMARTS) is 1. The third-order valence-corrected chi connectivity index (χ3v) is 4.26. The lowest BCUT2D eigenvalue weighted by Gasteiger charge is -2.18. The highest BCUT2D eigenvalue weighted by Crippen LogP contribution is 2.37. The number of aliphatic carboxylic acids is 1. The summed E-state index contributed by atoms with van der Waals surface area (Å²) < 4.78 is 10.7. The van der Waals surface area contributed by atoms with Crippen LogP contribution >= 0.6 is 11.6 Å². The van der Waals surface area contributed by atoms with Crippen LogP contribution in [-0.2, 0) is 4.79 Å². The lowest BCUT2D eigenvalue weighted by molar-refractivity contribution is -0.142. The number of carbonyl (C=O) groups is 2. The Morgan fingerprint density at radius 3 is 2.61 bits per heavy atom. The van der Waals surface area contributed by atoms with Crippen LogP contribution in [0.15, 0.2) is 12.1 Å². The van der Waals surface area contributed by atoms with Crippen LogP contribution in [0.3, 0.4) is 0 Å². The van der Waals surface area contributed by atoms with Gasteiger partial charge in [-0.3, -0.25) is 9.59 Å². The Kier molecular flexibility index (Phi) is 5.36. The third kappa shape index (κ3) is 3.52. The summed E-state index contributed by atoms with van der Waals surface area (Å²) in [6.45, 7) is 4.68. The molecule has 7 heteroatoms. The van der Waals surface area contributed by atoms with Gasteiger partial charge in [0.25, 0.3) is 5.91 Å². The number of nitrogens with zero attached hydrogens (tertiary/aromatic N) is 1. The van der Waals surface area contributed by atoms with Crippen LogP contribution in [0.25, 0.3) is 0 Å². The van der Waals surface area contributed by atoms with E-state index < -0.39 is 11.9 Å². The predicted octanol–water partition coefficient (Wildman–Crippen LogP) is 2.54. The average Bonchev–Trinajstić information content (AvgIpc) is 2.90. The molecule has 1 aliphatic heterocycles. The Bertz CT molecular complexity index is 619. The maximum atomic E-state index is 12.6. The van der Waals surface area contributed by atoms with Crippen molar-refractivity contribution in [3.8, 4) is 11.5 Å². The van der Waals surface area contributed by atoms with Crippen molar-refractivity contribution in [3.63, 3.8) is 0 Å². The van der Waals surface area contributed by atoms with E-state index in [2.05, 4.69) is 0 Å². The van der Waals surface area contributed by atoms with Gasteiger partial charge in [-0.05, 0) is 25.0 Å². The Labute approximate surface area is 139 Å². The van der Waals surface area contributed by atoms with Crippen molar-refractivity contribution in [1.29, 1.82) is 0 Å². The lowest BCUT2D eigenvalue weighted by atomic mass is 9.99. The molecule has 1 fully saturated rings. The molecule has 1 aromatic rings. The predicted molar refractivity (Wildman–Crippen MR) is 85.4 cm³/mol. The second-order valence-electron chi connectivity index (χ2n) is 5.55. The number of carboxylic acids is 1. The van der Waals surface area contributed by atoms with Crippen molar-refractivity contribution >= 4 is 23.5 Å². The number of ether oxygens (including phenoxy) is 2. The normalized spacial score (nSPS) is 20.4. The van der Waals surface area contributed by atoms with E-state index in [1.54, 1.807) is 6.07 Å². The lowest BCUT2D eigenvalue weighted by Crippen LogP contribution is -2.30. The minimum Gasteiger partial charge on any atom is -0.493 e. The van der Waals surface area contributed by atoms with E-state index in [1.165, 1.54) is 18.1 Å². The van der Waals surface area contributed by atoms with Crippen LogP contribution in [0.1, 0.15) is 24.2 Å². The largest absolute Gasteiger partial charge is 0.493 e. The number of methoxy groups -OCH3 is 1. The highest BCUT2D eigenvalue weighted by Gasteiger charge is 2.37. The average molecular weight is 342 g/mol. The smallest absolute Gasteiger partial charge is 0.308 e. The minimum absolute atomic E-state index is 0.0866. The molecule has 0 aliphatic carbocycles. The molecule has 1 N–H and O–H groups in total. The molecule has 2 atom stereocenters. The monoisotopic (exact) mass is 341 g/mol.